The SMILES string of the molecule is Nc1ccc(Cl)cc1NCCN1CCCC1. The summed E-state index contributed by atoms with van der Waals surface area (Å²) in [6, 6.07) is 5.52. The molecule has 16 heavy (non-hydrogen) atoms. The van der Waals surface area contributed by atoms with Gasteiger partial charge in [0.2, 0.25) is 0 Å². The van der Waals surface area contributed by atoms with Gasteiger partial charge in [0.1, 0.15) is 0 Å². The Morgan fingerprint density at radius 2 is 2.06 bits per heavy atom. The number of likely N-dealkylation sites (tertiary alicyclic amines) is 1. The summed E-state index contributed by atoms with van der Waals surface area (Å²) in [7, 11) is 0. The smallest absolute Gasteiger partial charge is 0.0589 e. The van der Waals surface area contributed by atoms with Gasteiger partial charge < -0.3 is 16.0 Å². The van der Waals surface area contributed by atoms with Crippen LogP contribution in [0.5, 0.6) is 0 Å². The number of rotatable bonds is 4. The molecule has 3 N–H and O–H groups in total. The highest BCUT2D eigenvalue weighted by molar-refractivity contribution is 6.31. The second-order valence-corrected chi connectivity index (χ2v) is 4.64. The van der Waals surface area contributed by atoms with Crippen molar-refractivity contribution < 1.29 is 0 Å². The fourth-order valence-electron chi connectivity index (χ4n) is 2.04. The Morgan fingerprint density at radius 3 is 2.81 bits per heavy atom. The molecule has 0 spiro atoms. The first-order valence-corrected chi connectivity index (χ1v) is 6.15. The minimum Gasteiger partial charge on any atom is -0.397 e. The van der Waals surface area contributed by atoms with Crippen LogP contribution in [-0.4, -0.2) is 31.1 Å². The van der Waals surface area contributed by atoms with Crippen molar-refractivity contribution in [2.75, 3.05) is 37.2 Å². The molecular formula is C12H18ClN3. The summed E-state index contributed by atoms with van der Waals surface area (Å²) in [4.78, 5) is 2.47. The average molecular weight is 240 g/mol. The number of nitrogens with two attached hydrogens (primary N) is 1. The summed E-state index contributed by atoms with van der Waals surface area (Å²) in [6.07, 6.45) is 2.67. The van der Waals surface area contributed by atoms with Crippen molar-refractivity contribution in [3.63, 3.8) is 0 Å². The lowest BCUT2D eigenvalue weighted by atomic mass is 10.2. The zero-order chi connectivity index (χ0) is 11.4. The van der Waals surface area contributed by atoms with Gasteiger partial charge in [0.15, 0.2) is 0 Å². The van der Waals surface area contributed by atoms with E-state index in [0.717, 1.165) is 29.5 Å². The third kappa shape index (κ3) is 3.03. The van der Waals surface area contributed by atoms with Gasteiger partial charge in [-0.05, 0) is 44.1 Å². The van der Waals surface area contributed by atoms with E-state index in [0.29, 0.717) is 0 Å². The van der Waals surface area contributed by atoms with E-state index in [4.69, 9.17) is 17.3 Å². The van der Waals surface area contributed by atoms with Gasteiger partial charge in [-0.3, -0.25) is 0 Å². The number of nitrogen functional groups attached to an aromatic ring is 1. The van der Waals surface area contributed by atoms with E-state index >= 15 is 0 Å². The second-order valence-electron chi connectivity index (χ2n) is 4.21. The second kappa shape index (κ2) is 5.41. The summed E-state index contributed by atoms with van der Waals surface area (Å²) in [5.41, 5.74) is 7.54. The molecule has 0 aliphatic carbocycles. The number of benzene rings is 1. The lowest BCUT2D eigenvalue weighted by molar-refractivity contribution is 0.353. The van der Waals surface area contributed by atoms with Crippen molar-refractivity contribution in [1.82, 2.24) is 4.90 Å². The van der Waals surface area contributed by atoms with Crippen molar-refractivity contribution in [3.8, 4) is 0 Å². The fraction of sp³-hybridized carbons (Fsp3) is 0.500. The maximum Gasteiger partial charge on any atom is 0.0589 e. The zero-order valence-corrected chi connectivity index (χ0v) is 10.1. The van der Waals surface area contributed by atoms with Gasteiger partial charge in [-0.1, -0.05) is 11.6 Å². The molecule has 1 aromatic carbocycles. The third-order valence-electron chi connectivity index (χ3n) is 2.96. The van der Waals surface area contributed by atoms with E-state index in [1.54, 1.807) is 0 Å². The van der Waals surface area contributed by atoms with Gasteiger partial charge >= 0.3 is 0 Å². The van der Waals surface area contributed by atoms with Crippen LogP contribution >= 0.6 is 11.6 Å². The Morgan fingerprint density at radius 1 is 1.31 bits per heavy atom. The van der Waals surface area contributed by atoms with Crippen LogP contribution in [0, 0.1) is 0 Å². The molecular weight excluding hydrogens is 222 g/mol. The summed E-state index contributed by atoms with van der Waals surface area (Å²) in [5, 5.41) is 4.05. The standard InChI is InChI=1S/C12H18ClN3/c13-10-3-4-11(14)12(9-10)15-5-8-16-6-1-2-7-16/h3-4,9,15H,1-2,5-8,14H2. The Balaban J connectivity index is 1.82. The minimum atomic E-state index is 0.720. The predicted octanol–water partition coefficient (Wildman–Crippen LogP) is 2.43. The van der Waals surface area contributed by atoms with Crippen molar-refractivity contribution in [2.24, 2.45) is 0 Å². The molecule has 1 aliphatic rings. The summed E-state index contributed by atoms with van der Waals surface area (Å²) in [6.45, 7) is 4.45. The number of halogens is 1. The highest BCUT2D eigenvalue weighted by atomic mass is 35.5. The lowest BCUT2D eigenvalue weighted by Gasteiger charge is -2.16. The van der Waals surface area contributed by atoms with Gasteiger partial charge in [-0.2, -0.15) is 0 Å². The molecule has 1 fully saturated rings. The van der Waals surface area contributed by atoms with Crippen LogP contribution < -0.4 is 11.1 Å². The molecule has 1 aliphatic heterocycles. The first kappa shape index (κ1) is 11.6. The number of nitrogens with one attached hydrogen (secondary N) is 1. The van der Waals surface area contributed by atoms with E-state index in [9.17, 15) is 0 Å². The molecule has 3 nitrogen and oxygen atoms in total. The van der Waals surface area contributed by atoms with Gasteiger partial charge in [0.05, 0.1) is 11.4 Å². The molecule has 0 atom stereocenters. The average Bonchev–Trinajstić information content (AvgIpc) is 2.76. The summed E-state index contributed by atoms with van der Waals surface area (Å²) in [5.74, 6) is 0. The van der Waals surface area contributed by atoms with Crippen LogP contribution in [0.3, 0.4) is 0 Å². The summed E-state index contributed by atoms with van der Waals surface area (Å²) < 4.78 is 0. The monoisotopic (exact) mass is 239 g/mol. The number of nitrogens with zero attached hydrogens (tertiary/aromatic N) is 1. The molecule has 0 bridgehead atoms. The van der Waals surface area contributed by atoms with Crippen molar-refractivity contribution in [2.45, 2.75) is 12.8 Å². The molecule has 1 aromatic rings. The van der Waals surface area contributed by atoms with Gasteiger partial charge in [-0.25, -0.2) is 0 Å². The molecule has 0 radical (unpaired) electrons. The van der Waals surface area contributed by atoms with Crippen LogP contribution in [0.1, 0.15) is 12.8 Å². The first-order chi connectivity index (χ1) is 7.75. The van der Waals surface area contributed by atoms with Crippen LogP contribution in [0.4, 0.5) is 11.4 Å². The Kier molecular flexibility index (Phi) is 3.91. The van der Waals surface area contributed by atoms with E-state index in [1.165, 1.54) is 25.9 Å². The van der Waals surface area contributed by atoms with Gasteiger partial charge in [0.25, 0.3) is 0 Å². The summed E-state index contributed by atoms with van der Waals surface area (Å²) >= 11 is 5.92. The van der Waals surface area contributed by atoms with Gasteiger partial charge in [0, 0.05) is 18.1 Å². The topological polar surface area (TPSA) is 41.3 Å². The molecule has 0 unspecified atom stereocenters. The van der Waals surface area contributed by atoms with Gasteiger partial charge in [-0.15, -0.1) is 0 Å². The highest BCUT2D eigenvalue weighted by Gasteiger charge is 2.10. The lowest BCUT2D eigenvalue weighted by Crippen LogP contribution is -2.26. The molecule has 88 valence electrons. The van der Waals surface area contributed by atoms with E-state index < -0.39 is 0 Å². The molecule has 0 amide bonds. The molecule has 4 heteroatoms. The molecule has 1 saturated heterocycles. The predicted molar refractivity (Wildman–Crippen MR) is 70.0 cm³/mol. The number of anilines is 2. The molecule has 0 saturated carbocycles. The maximum atomic E-state index is 5.92. The van der Waals surface area contributed by atoms with Crippen molar-refractivity contribution >= 4 is 23.0 Å². The van der Waals surface area contributed by atoms with E-state index in [2.05, 4.69) is 10.2 Å². The number of hydrogen-bond acceptors (Lipinski definition) is 3. The quantitative estimate of drug-likeness (QED) is 0.793. The third-order valence-corrected chi connectivity index (χ3v) is 3.19. The van der Waals surface area contributed by atoms with Crippen LogP contribution in [0.15, 0.2) is 18.2 Å². The van der Waals surface area contributed by atoms with Crippen LogP contribution in [-0.2, 0) is 0 Å². The van der Waals surface area contributed by atoms with Crippen molar-refractivity contribution in [3.05, 3.63) is 23.2 Å². The first-order valence-electron chi connectivity index (χ1n) is 5.77. The maximum absolute atomic E-state index is 5.92. The highest BCUT2D eigenvalue weighted by Crippen LogP contribution is 2.22. The Labute approximate surface area is 102 Å². The minimum absolute atomic E-state index is 0.720. The Bertz CT molecular complexity index is 348. The number of hydrogen-bond donors (Lipinski definition) is 2. The molecule has 0 aromatic heterocycles. The van der Waals surface area contributed by atoms with Crippen molar-refractivity contribution in [1.29, 1.82) is 0 Å². The Hall–Kier alpha value is -0.930. The van der Waals surface area contributed by atoms with E-state index in [1.807, 2.05) is 18.2 Å². The zero-order valence-electron chi connectivity index (χ0n) is 9.38. The fourth-order valence-corrected chi connectivity index (χ4v) is 2.21. The normalized spacial score (nSPS) is 16.6. The van der Waals surface area contributed by atoms with E-state index in [-0.39, 0.29) is 0 Å². The van der Waals surface area contributed by atoms with Crippen LogP contribution in [0.2, 0.25) is 5.02 Å². The van der Waals surface area contributed by atoms with Crippen LogP contribution in [0.25, 0.3) is 0 Å². The molecule has 1 heterocycles. The molecule has 2 rings (SSSR count). The largest absolute Gasteiger partial charge is 0.397 e.